The number of rotatable bonds is 3. The number of pyridine rings is 1. The van der Waals surface area contributed by atoms with Gasteiger partial charge in [-0.2, -0.15) is 0 Å². The lowest BCUT2D eigenvalue weighted by atomic mass is 10.1. The zero-order valence-electron chi connectivity index (χ0n) is 11.2. The molecule has 0 spiro atoms. The first-order valence-corrected chi connectivity index (χ1v) is 6.61. The van der Waals surface area contributed by atoms with Crippen molar-refractivity contribution >= 4 is 16.9 Å². The van der Waals surface area contributed by atoms with Crippen molar-refractivity contribution in [3.63, 3.8) is 0 Å². The van der Waals surface area contributed by atoms with Gasteiger partial charge in [-0.3, -0.25) is 0 Å². The van der Waals surface area contributed by atoms with E-state index in [1.54, 1.807) is 24.3 Å². The predicted molar refractivity (Wildman–Crippen MR) is 75.2 cm³/mol. The molecule has 0 aliphatic carbocycles. The van der Waals surface area contributed by atoms with E-state index in [2.05, 4.69) is 16.9 Å². The van der Waals surface area contributed by atoms with Gasteiger partial charge in [0.1, 0.15) is 6.10 Å². The zero-order chi connectivity index (χ0) is 14.1. The van der Waals surface area contributed by atoms with Crippen LogP contribution < -0.4 is 4.74 Å². The lowest BCUT2D eigenvalue weighted by Crippen LogP contribution is -2.21. The number of nitrogens with zero attached hydrogens (tertiary/aromatic N) is 2. The minimum absolute atomic E-state index is 0.184. The molecule has 2 heterocycles. The third-order valence-electron chi connectivity index (χ3n) is 3.55. The van der Waals surface area contributed by atoms with E-state index >= 15 is 0 Å². The second-order valence-electron chi connectivity index (χ2n) is 5.15. The molecule has 1 atom stereocenters. The van der Waals surface area contributed by atoms with Gasteiger partial charge in [-0.15, -0.1) is 0 Å². The van der Waals surface area contributed by atoms with Crippen molar-refractivity contribution in [2.24, 2.45) is 0 Å². The number of ether oxygens (including phenoxy) is 1. The van der Waals surface area contributed by atoms with Gasteiger partial charge in [0.15, 0.2) is 0 Å². The smallest absolute Gasteiger partial charge is 0.335 e. The molecule has 104 valence electrons. The third kappa shape index (κ3) is 2.58. The van der Waals surface area contributed by atoms with Crippen LogP contribution in [0.4, 0.5) is 0 Å². The monoisotopic (exact) mass is 272 g/mol. The molecule has 1 saturated heterocycles. The highest BCUT2D eigenvalue weighted by Gasteiger charge is 2.21. The molecule has 3 rings (SSSR count). The molecule has 1 aliphatic heterocycles. The Morgan fingerprint density at radius 3 is 2.95 bits per heavy atom. The maximum Gasteiger partial charge on any atom is 0.335 e. The van der Waals surface area contributed by atoms with E-state index < -0.39 is 5.97 Å². The van der Waals surface area contributed by atoms with Crippen molar-refractivity contribution in [1.29, 1.82) is 0 Å². The molecule has 20 heavy (non-hydrogen) atoms. The molecule has 0 radical (unpaired) electrons. The Balaban J connectivity index is 1.84. The van der Waals surface area contributed by atoms with Crippen molar-refractivity contribution in [1.82, 2.24) is 9.88 Å². The highest BCUT2D eigenvalue weighted by atomic mass is 16.5. The Labute approximate surface area is 116 Å². The number of fused-ring (bicyclic) bond motifs is 1. The normalized spacial score (nSPS) is 19.4. The molecule has 1 fully saturated rings. The summed E-state index contributed by atoms with van der Waals surface area (Å²) < 4.78 is 5.86. The fourth-order valence-electron chi connectivity index (χ4n) is 2.47. The molecule has 1 N–H and O–H groups in total. The van der Waals surface area contributed by atoms with Crippen molar-refractivity contribution in [2.75, 3.05) is 20.1 Å². The van der Waals surface area contributed by atoms with Crippen LogP contribution in [0.25, 0.3) is 10.9 Å². The number of likely N-dealkylation sites (N-methyl/N-ethyl adjacent to an activating group) is 1. The van der Waals surface area contributed by atoms with Gasteiger partial charge in [0.25, 0.3) is 0 Å². The quantitative estimate of drug-likeness (QED) is 0.926. The number of carboxylic acids is 1. The summed E-state index contributed by atoms with van der Waals surface area (Å²) >= 11 is 0. The summed E-state index contributed by atoms with van der Waals surface area (Å²) in [6, 6.07) is 8.55. The number of carbonyl (C=O) groups is 1. The van der Waals surface area contributed by atoms with E-state index in [1.165, 1.54) is 0 Å². The first kappa shape index (κ1) is 12.9. The number of hydrogen-bond donors (Lipinski definition) is 1. The molecule has 1 unspecified atom stereocenters. The van der Waals surface area contributed by atoms with Crippen molar-refractivity contribution < 1.29 is 14.6 Å². The average Bonchev–Trinajstić information content (AvgIpc) is 2.83. The Hall–Kier alpha value is -2.14. The molecular formula is C15H16N2O3. The van der Waals surface area contributed by atoms with Gasteiger partial charge in [0, 0.05) is 24.5 Å². The van der Waals surface area contributed by atoms with E-state index in [-0.39, 0.29) is 11.7 Å². The van der Waals surface area contributed by atoms with Crippen LogP contribution in [-0.2, 0) is 0 Å². The van der Waals surface area contributed by atoms with E-state index in [4.69, 9.17) is 9.84 Å². The Bertz CT molecular complexity index is 657. The van der Waals surface area contributed by atoms with Crippen LogP contribution in [0.15, 0.2) is 30.3 Å². The number of carboxylic acid groups (broad SMARTS) is 1. The maximum absolute atomic E-state index is 10.9. The number of hydrogen-bond acceptors (Lipinski definition) is 4. The second kappa shape index (κ2) is 5.09. The van der Waals surface area contributed by atoms with Gasteiger partial charge >= 0.3 is 5.97 Å². The van der Waals surface area contributed by atoms with Crippen molar-refractivity contribution in [3.8, 4) is 5.88 Å². The molecule has 1 aromatic carbocycles. The number of aromatic nitrogens is 1. The molecule has 0 amide bonds. The minimum Gasteiger partial charge on any atom is -0.478 e. The molecule has 1 aliphatic rings. The highest BCUT2D eigenvalue weighted by molar-refractivity contribution is 5.93. The molecule has 1 aromatic heterocycles. The van der Waals surface area contributed by atoms with E-state index in [0.29, 0.717) is 5.88 Å². The highest BCUT2D eigenvalue weighted by Crippen LogP contribution is 2.21. The van der Waals surface area contributed by atoms with E-state index in [1.807, 2.05) is 6.07 Å². The molecule has 0 saturated carbocycles. The Kier molecular flexibility index (Phi) is 3.28. The minimum atomic E-state index is -0.929. The zero-order valence-corrected chi connectivity index (χ0v) is 11.2. The number of benzene rings is 1. The fourth-order valence-corrected chi connectivity index (χ4v) is 2.47. The number of likely N-dealkylation sites (tertiary alicyclic amines) is 1. The first-order valence-electron chi connectivity index (χ1n) is 6.61. The topological polar surface area (TPSA) is 62.7 Å². The summed E-state index contributed by atoms with van der Waals surface area (Å²) in [7, 11) is 2.07. The van der Waals surface area contributed by atoms with Crippen molar-refractivity contribution in [2.45, 2.75) is 12.5 Å². The molecule has 5 nitrogen and oxygen atoms in total. The number of aromatic carboxylic acids is 1. The summed E-state index contributed by atoms with van der Waals surface area (Å²) in [5, 5.41) is 9.77. The Morgan fingerprint density at radius 1 is 1.40 bits per heavy atom. The first-order chi connectivity index (χ1) is 9.61. The third-order valence-corrected chi connectivity index (χ3v) is 3.55. The summed E-state index contributed by atoms with van der Waals surface area (Å²) in [5.74, 6) is -0.331. The van der Waals surface area contributed by atoms with Crippen LogP contribution in [0.5, 0.6) is 5.88 Å². The second-order valence-corrected chi connectivity index (χ2v) is 5.15. The van der Waals surface area contributed by atoms with Crippen LogP contribution in [0.3, 0.4) is 0 Å². The van der Waals surface area contributed by atoms with E-state index in [0.717, 1.165) is 30.4 Å². The Morgan fingerprint density at radius 2 is 2.25 bits per heavy atom. The summed E-state index contributed by atoms with van der Waals surface area (Å²) in [5.41, 5.74) is 1.02. The van der Waals surface area contributed by atoms with Gasteiger partial charge in [-0.05, 0) is 37.7 Å². The van der Waals surface area contributed by atoms with Gasteiger partial charge in [0.05, 0.1) is 11.1 Å². The lowest BCUT2D eigenvalue weighted by Gasteiger charge is -2.13. The summed E-state index contributed by atoms with van der Waals surface area (Å²) in [6.07, 6.45) is 1.19. The summed E-state index contributed by atoms with van der Waals surface area (Å²) in [4.78, 5) is 17.6. The lowest BCUT2D eigenvalue weighted by molar-refractivity contribution is 0.0697. The molecule has 5 heteroatoms. The van der Waals surface area contributed by atoms with E-state index in [9.17, 15) is 4.79 Å². The maximum atomic E-state index is 10.9. The van der Waals surface area contributed by atoms with Crippen LogP contribution in [-0.4, -0.2) is 47.2 Å². The molecular weight excluding hydrogens is 256 g/mol. The van der Waals surface area contributed by atoms with Crippen LogP contribution >= 0.6 is 0 Å². The van der Waals surface area contributed by atoms with Crippen LogP contribution in [0.2, 0.25) is 0 Å². The standard InChI is InChI=1S/C15H16N2O3/c1-17-7-6-12(9-17)20-14-5-3-10-8-11(15(18)19)2-4-13(10)16-14/h2-5,8,12H,6-7,9H2,1H3,(H,18,19). The predicted octanol–water partition coefficient (Wildman–Crippen LogP) is 2.02. The van der Waals surface area contributed by atoms with Gasteiger partial charge in [-0.1, -0.05) is 0 Å². The molecule has 2 aromatic rings. The summed E-state index contributed by atoms with van der Waals surface area (Å²) in [6.45, 7) is 1.96. The van der Waals surface area contributed by atoms with Gasteiger partial charge in [0.2, 0.25) is 5.88 Å². The molecule has 0 bridgehead atoms. The average molecular weight is 272 g/mol. The largest absolute Gasteiger partial charge is 0.478 e. The van der Waals surface area contributed by atoms with Gasteiger partial charge in [-0.25, -0.2) is 9.78 Å². The van der Waals surface area contributed by atoms with Crippen molar-refractivity contribution in [3.05, 3.63) is 35.9 Å². The fraction of sp³-hybridized carbons (Fsp3) is 0.333. The van der Waals surface area contributed by atoms with Crippen LogP contribution in [0, 0.1) is 0 Å². The SMILES string of the molecule is CN1CCC(Oc2ccc3cc(C(=O)O)ccc3n2)C1. The van der Waals surface area contributed by atoms with Gasteiger partial charge < -0.3 is 14.7 Å². The van der Waals surface area contributed by atoms with Crippen LogP contribution in [0.1, 0.15) is 16.8 Å².